The van der Waals surface area contributed by atoms with Gasteiger partial charge in [-0.2, -0.15) is 4.98 Å². The maximum absolute atomic E-state index is 13.1. The lowest BCUT2D eigenvalue weighted by molar-refractivity contribution is -0.0203. The van der Waals surface area contributed by atoms with Crippen LogP contribution < -0.4 is 11.1 Å². The third-order valence-electron chi connectivity index (χ3n) is 2.63. The van der Waals surface area contributed by atoms with Crippen LogP contribution in [0.2, 0.25) is 0 Å². The van der Waals surface area contributed by atoms with Crippen LogP contribution in [0, 0.1) is 5.82 Å². The van der Waals surface area contributed by atoms with Crippen molar-refractivity contribution in [2.45, 2.75) is 24.9 Å². The molecule has 1 saturated carbocycles. The average Bonchev–Trinajstić information content (AvgIpc) is 2.17. The molecule has 0 amide bonds. The number of anilines is 2. The third kappa shape index (κ3) is 2.15. The van der Waals surface area contributed by atoms with Gasteiger partial charge in [0.1, 0.15) is 0 Å². The Morgan fingerprint density at radius 2 is 2.33 bits per heavy atom. The summed E-state index contributed by atoms with van der Waals surface area (Å²) in [5.41, 5.74) is 4.61. The highest BCUT2D eigenvalue weighted by atomic mass is 19.1. The third-order valence-corrected chi connectivity index (χ3v) is 2.63. The molecule has 1 heterocycles. The van der Waals surface area contributed by atoms with Crippen LogP contribution >= 0.6 is 0 Å². The Morgan fingerprint density at radius 1 is 1.60 bits per heavy atom. The minimum Gasteiger partial charge on any atom is -0.388 e. The van der Waals surface area contributed by atoms with Crippen molar-refractivity contribution in [3.05, 3.63) is 12.0 Å². The van der Waals surface area contributed by atoms with E-state index in [1.54, 1.807) is 0 Å². The van der Waals surface area contributed by atoms with Crippen LogP contribution in [0.15, 0.2) is 6.20 Å². The van der Waals surface area contributed by atoms with E-state index in [0.29, 0.717) is 6.54 Å². The highest BCUT2D eigenvalue weighted by Crippen LogP contribution is 2.31. The molecule has 0 radical (unpaired) electrons. The van der Waals surface area contributed by atoms with Gasteiger partial charge in [0.2, 0.25) is 5.95 Å². The summed E-state index contributed by atoms with van der Waals surface area (Å²) in [5.74, 6) is -0.505. The highest BCUT2D eigenvalue weighted by molar-refractivity contribution is 5.39. The number of aromatic nitrogens is 2. The standard InChI is InChI=1S/C9H13FN4O/c10-6-4-12-8(11)14-7(6)13-5-9(15)2-1-3-9/h4,15H,1-3,5H2,(H3,11,12,13,14). The summed E-state index contributed by atoms with van der Waals surface area (Å²) in [6.07, 6.45) is 3.49. The van der Waals surface area contributed by atoms with E-state index < -0.39 is 11.4 Å². The molecule has 1 aromatic rings. The van der Waals surface area contributed by atoms with Crippen molar-refractivity contribution < 1.29 is 9.50 Å². The summed E-state index contributed by atoms with van der Waals surface area (Å²) >= 11 is 0. The number of nitrogens with one attached hydrogen (secondary N) is 1. The minimum absolute atomic E-state index is 0.0134. The van der Waals surface area contributed by atoms with Crippen LogP contribution in [-0.2, 0) is 0 Å². The molecular weight excluding hydrogens is 199 g/mol. The second-order valence-electron chi connectivity index (χ2n) is 3.86. The molecule has 1 aromatic heterocycles. The second-order valence-corrected chi connectivity index (χ2v) is 3.86. The summed E-state index contributed by atoms with van der Waals surface area (Å²) in [5, 5.41) is 12.5. The number of nitrogen functional groups attached to an aromatic ring is 1. The zero-order valence-electron chi connectivity index (χ0n) is 8.20. The van der Waals surface area contributed by atoms with Crippen LogP contribution in [0.3, 0.4) is 0 Å². The minimum atomic E-state index is -0.716. The van der Waals surface area contributed by atoms with Gasteiger partial charge in [0.25, 0.3) is 0 Å². The first-order chi connectivity index (χ1) is 7.09. The molecule has 1 aliphatic carbocycles. The van der Waals surface area contributed by atoms with Gasteiger partial charge in [-0.05, 0) is 19.3 Å². The first kappa shape index (κ1) is 10.1. The Balaban J connectivity index is 2.01. The molecule has 0 bridgehead atoms. The van der Waals surface area contributed by atoms with Crippen LogP contribution in [0.1, 0.15) is 19.3 Å². The number of nitrogens with zero attached hydrogens (tertiary/aromatic N) is 2. The molecule has 1 aliphatic rings. The molecule has 4 N–H and O–H groups in total. The molecule has 6 heteroatoms. The first-order valence-corrected chi connectivity index (χ1v) is 4.83. The van der Waals surface area contributed by atoms with E-state index in [9.17, 15) is 9.50 Å². The molecule has 82 valence electrons. The molecular formula is C9H13FN4O. The molecule has 2 rings (SSSR count). The molecule has 0 saturated heterocycles. The average molecular weight is 212 g/mol. The molecule has 0 aliphatic heterocycles. The maximum Gasteiger partial charge on any atom is 0.222 e. The first-order valence-electron chi connectivity index (χ1n) is 4.83. The fraction of sp³-hybridized carbons (Fsp3) is 0.556. The Morgan fingerprint density at radius 3 is 2.93 bits per heavy atom. The van der Waals surface area contributed by atoms with Crippen LogP contribution in [0.4, 0.5) is 16.2 Å². The quantitative estimate of drug-likeness (QED) is 0.680. The normalized spacial score (nSPS) is 18.3. The largest absolute Gasteiger partial charge is 0.388 e. The van der Waals surface area contributed by atoms with E-state index >= 15 is 0 Å². The van der Waals surface area contributed by atoms with Gasteiger partial charge in [-0.25, -0.2) is 9.37 Å². The molecule has 1 fully saturated rings. The van der Waals surface area contributed by atoms with Crippen molar-refractivity contribution in [2.75, 3.05) is 17.6 Å². The number of rotatable bonds is 3. The Labute approximate surface area is 86.5 Å². The zero-order valence-corrected chi connectivity index (χ0v) is 8.20. The SMILES string of the molecule is Nc1ncc(F)c(NCC2(O)CCC2)n1. The number of nitrogens with two attached hydrogens (primary N) is 1. The van der Waals surface area contributed by atoms with E-state index in [1.807, 2.05) is 0 Å². The van der Waals surface area contributed by atoms with Gasteiger partial charge in [-0.3, -0.25) is 0 Å². The van der Waals surface area contributed by atoms with Crippen molar-refractivity contribution in [3.8, 4) is 0 Å². The van der Waals surface area contributed by atoms with E-state index in [4.69, 9.17) is 5.73 Å². The maximum atomic E-state index is 13.1. The van der Waals surface area contributed by atoms with Crippen LogP contribution in [-0.4, -0.2) is 27.2 Å². The molecule has 5 nitrogen and oxygen atoms in total. The summed E-state index contributed by atoms with van der Waals surface area (Å²) in [7, 11) is 0. The van der Waals surface area contributed by atoms with Gasteiger partial charge in [0.15, 0.2) is 11.6 Å². The lowest BCUT2D eigenvalue weighted by Crippen LogP contribution is -2.43. The molecule has 0 unspecified atom stereocenters. The summed E-state index contributed by atoms with van der Waals surface area (Å²) in [6, 6.07) is 0. The Kier molecular flexibility index (Phi) is 2.44. The molecule has 0 aromatic carbocycles. The Hall–Kier alpha value is -1.43. The second kappa shape index (κ2) is 3.62. The summed E-state index contributed by atoms with van der Waals surface area (Å²) in [4.78, 5) is 7.21. The van der Waals surface area contributed by atoms with Gasteiger partial charge >= 0.3 is 0 Å². The molecule has 0 spiro atoms. The number of aliphatic hydroxyl groups is 1. The summed E-state index contributed by atoms with van der Waals surface area (Å²) in [6.45, 7) is 0.292. The summed E-state index contributed by atoms with van der Waals surface area (Å²) < 4.78 is 13.1. The molecule has 0 atom stereocenters. The van der Waals surface area contributed by atoms with Gasteiger partial charge in [0.05, 0.1) is 11.8 Å². The van der Waals surface area contributed by atoms with E-state index in [1.165, 1.54) is 0 Å². The lowest BCUT2D eigenvalue weighted by atomic mass is 9.80. The van der Waals surface area contributed by atoms with Crippen molar-refractivity contribution in [3.63, 3.8) is 0 Å². The number of hydrogen-bond donors (Lipinski definition) is 3. The van der Waals surface area contributed by atoms with Gasteiger partial charge in [-0.1, -0.05) is 0 Å². The van der Waals surface area contributed by atoms with Crippen LogP contribution in [0.25, 0.3) is 0 Å². The monoisotopic (exact) mass is 212 g/mol. The number of halogens is 1. The van der Waals surface area contributed by atoms with Crippen LogP contribution in [0.5, 0.6) is 0 Å². The lowest BCUT2D eigenvalue weighted by Gasteiger charge is -2.36. The fourth-order valence-corrected chi connectivity index (χ4v) is 1.51. The van der Waals surface area contributed by atoms with E-state index in [-0.39, 0.29) is 11.8 Å². The van der Waals surface area contributed by atoms with Crippen molar-refractivity contribution in [2.24, 2.45) is 0 Å². The number of hydrogen-bond acceptors (Lipinski definition) is 5. The zero-order chi connectivity index (χ0) is 10.9. The predicted octanol–water partition coefficient (Wildman–Crippen LogP) is 0.525. The van der Waals surface area contributed by atoms with Crippen molar-refractivity contribution in [1.29, 1.82) is 0 Å². The predicted molar refractivity (Wildman–Crippen MR) is 53.7 cm³/mol. The van der Waals surface area contributed by atoms with Gasteiger partial charge in [0, 0.05) is 6.54 Å². The topological polar surface area (TPSA) is 84.1 Å². The van der Waals surface area contributed by atoms with E-state index in [2.05, 4.69) is 15.3 Å². The van der Waals surface area contributed by atoms with Gasteiger partial charge in [-0.15, -0.1) is 0 Å². The van der Waals surface area contributed by atoms with Gasteiger partial charge < -0.3 is 16.2 Å². The van der Waals surface area contributed by atoms with Crippen molar-refractivity contribution in [1.82, 2.24) is 9.97 Å². The smallest absolute Gasteiger partial charge is 0.222 e. The molecule has 15 heavy (non-hydrogen) atoms. The van der Waals surface area contributed by atoms with Crippen molar-refractivity contribution >= 4 is 11.8 Å². The fourth-order valence-electron chi connectivity index (χ4n) is 1.51. The Bertz CT molecular complexity index is 367. The highest BCUT2D eigenvalue weighted by Gasteiger charge is 2.34. The van der Waals surface area contributed by atoms with E-state index in [0.717, 1.165) is 25.5 Å².